The van der Waals surface area contributed by atoms with Crippen LogP contribution in [0.3, 0.4) is 0 Å². The first kappa shape index (κ1) is 18.6. The van der Waals surface area contributed by atoms with Gasteiger partial charge >= 0.3 is 5.97 Å². The molecule has 6 nitrogen and oxygen atoms in total. The first-order valence-corrected chi connectivity index (χ1v) is 8.79. The van der Waals surface area contributed by atoms with E-state index in [1.807, 2.05) is 32.0 Å². The fourth-order valence-corrected chi connectivity index (χ4v) is 3.00. The van der Waals surface area contributed by atoms with Crippen LogP contribution in [-0.4, -0.2) is 31.0 Å². The monoisotopic (exact) mass is 367 g/mol. The summed E-state index contributed by atoms with van der Waals surface area (Å²) in [6, 6.07) is 12.1. The first-order chi connectivity index (χ1) is 13.0. The van der Waals surface area contributed by atoms with Crippen molar-refractivity contribution in [3.05, 3.63) is 59.2 Å². The van der Waals surface area contributed by atoms with Crippen LogP contribution in [0.15, 0.2) is 42.5 Å². The zero-order valence-electron chi connectivity index (χ0n) is 15.4. The summed E-state index contributed by atoms with van der Waals surface area (Å²) in [5.74, 6) is -0.124. The number of imide groups is 1. The van der Waals surface area contributed by atoms with Crippen LogP contribution in [-0.2, 0) is 14.3 Å². The van der Waals surface area contributed by atoms with E-state index >= 15 is 0 Å². The van der Waals surface area contributed by atoms with Gasteiger partial charge in [0.1, 0.15) is 19.0 Å². The molecule has 0 atom stereocenters. The topological polar surface area (TPSA) is 72.9 Å². The summed E-state index contributed by atoms with van der Waals surface area (Å²) >= 11 is 0. The molecule has 2 aromatic rings. The maximum atomic E-state index is 12.1. The number of hydrogen-bond donors (Lipinski definition) is 0. The van der Waals surface area contributed by atoms with Crippen LogP contribution in [0.5, 0.6) is 5.75 Å². The average Bonchev–Trinajstić information content (AvgIpc) is 2.99. The number of carbonyl (C=O) groups excluding carboxylic acids is 3. The summed E-state index contributed by atoms with van der Waals surface area (Å²) < 4.78 is 10.9. The second-order valence-corrected chi connectivity index (χ2v) is 6.38. The Bertz CT molecular complexity index is 836. The van der Waals surface area contributed by atoms with Crippen LogP contribution >= 0.6 is 0 Å². The van der Waals surface area contributed by atoms with Gasteiger partial charge in [-0.2, -0.15) is 0 Å². The van der Waals surface area contributed by atoms with Gasteiger partial charge in [-0.3, -0.25) is 14.5 Å². The number of carbonyl (C=O) groups is 3. The van der Waals surface area contributed by atoms with Crippen molar-refractivity contribution in [1.82, 2.24) is 0 Å². The van der Waals surface area contributed by atoms with Gasteiger partial charge < -0.3 is 9.47 Å². The molecule has 1 aliphatic heterocycles. The SMILES string of the molecule is Cc1cccc(C)c1OCCOC(=O)c1ccc(N2C(=O)CCC2=O)cc1. The summed E-state index contributed by atoms with van der Waals surface area (Å²) in [7, 11) is 0. The van der Waals surface area contributed by atoms with Gasteiger partial charge in [-0.1, -0.05) is 18.2 Å². The Kier molecular flexibility index (Phi) is 5.54. The highest BCUT2D eigenvalue weighted by molar-refractivity contribution is 6.19. The van der Waals surface area contributed by atoms with Crippen molar-refractivity contribution in [3.8, 4) is 5.75 Å². The Morgan fingerprint density at radius 1 is 0.926 bits per heavy atom. The Morgan fingerprint density at radius 3 is 2.11 bits per heavy atom. The molecule has 3 rings (SSSR count). The highest BCUT2D eigenvalue weighted by atomic mass is 16.6. The zero-order valence-corrected chi connectivity index (χ0v) is 15.4. The van der Waals surface area contributed by atoms with Crippen LogP contribution in [0.1, 0.15) is 34.3 Å². The van der Waals surface area contributed by atoms with Gasteiger partial charge in [0, 0.05) is 12.8 Å². The van der Waals surface area contributed by atoms with Gasteiger partial charge in [-0.05, 0) is 49.2 Å². The summed E-state index contributed by atoms with van der Waals surface area (Å²) in [4.78, 5) is 36.8. The lowest BCUT2D eigenvalue weighted by atomic mass is 10.1. The van der Waals surface area contributed by atoms with E-state index in [9.17, 15) is 14.4 Å². The lowest BCUT2D eigenvalue weighted by Crippen LogP contribution is -2.28. The van der Waals surface area contributed by atoms with Crippen molar-refractivity contribution < 1.29 is 23.9 Å². The summed E-state index contributed by atoms with van der Waals surface area (Å²) in [6.07, 6.45) is 0.450. The van der Waals surface area contributed by atoms with Crippen LogP contribution in [0.4, 0.5) is 5.69 Å². The summed E-state index contributed by atoms with van der Waals surface area (Å²) in [6.45, 7) is 4.31. The third-order valence-electron chi connectivity index (χ3n) is 4.38. The van der Waals surface area contributed by atoms with Crippen molar-refractivity contribution in [2.24, 2.45) is 0 Å². The number of benzene rings is 2. The van der Waals surface area contributed by atoms with Crippen LogP contribution in [0.2, 0.25) is 0 Å². The Balaban J connectivity index is 1.53. The van der Waals surface area contributed by atoms with Crippen molar-refractivity contribution in [1.29, 1.82) is 0 Å². The molecule has 0 aliphatic carbocycles. The molecule has 0 bridgehead atoms. The summed E-state index contributed by atoms with van der Waals surface area (Å²) in [5, 5.41) is 0. The third-order valence-corrected chi connectivity index (χ3v) is 4.38. The molecule has 0 aromatic heterocycles. The van der Waals surface area contributed by atoms with E-state index in [4.69, 9.17) is 9.47 Å². The van der Waals surface area contributed by atoms with E-state index < -0.39 is 5.97 Å². The van der Waals surface area contributed by atoms with Gasteiger partial charge in [-0.25, -0.2) is 4.79 Å². The van der Waals surface area contributed by atoms with E-state index in [1.165, 1.54) is 0 Å². The Labute approximate surface area is 157 Å². The molecule has 0 unspecified atom stereocenters. The molecule has 1 fully saturated rings. The predicted octanol–water partition coefficient (Wildman–Crippen LogP) is 3.19. The van der Waals surface area contributed by atoms with Gasteiger partial charge in [0.25, 0.3) is 0 Å². The number of aryl methyl sites for hydroxylation is 2. The van der Waals surface area contributed by atoms with E-state index in [0.29, 0.717) is 11.3 Å². The minimum absolute atomic E-state index is 0.122. The third kappa shape index (κ3) is 4.16. The van der Waals surface area contributed by atoms with Crippen LogP contribution in [0, 0.1) is 13.8 Å². The maximum Gasteiger partial charge on any atom is 0.338 e. The second kappa shape index (κ2) is 8.03. The molecule has 0 N–H and O–H groups in total. The first-order valence-electron chi connectivity index (χ1n) is 8.79. The molecule has 6 heteroatoms. The largest absolute Gasteiger partial charge is 0.489 e. The number of nitrogens with zero attached hydrogens (tertiary/aromatic N) is 1. The van der Waals surface area contributed by atoms with Gasteiger partial charge in [0.05, 0.1) is 11.3 Å². The number of esters is 1. The van der Waals surface area contributed by atoms with Gasteiger partial charge in [0.15, 0.2) is 0 Å². The normalized spacial score (nSPS) is 13.8. The average molecular weight is 367 g/mol. The van der Waals surface area contributed by atoms with Gasteiger partial charge in [-0.15, -0.1) is 0 Å². The number of ether oxygens (including phenoxy) is 2. The Hall–Kier alpha value is -3.15. The second-order valence-electron chi connectivity index (χ2n) is 6.38. The summed E-state index contributed by atoms with van der Waals surface area (Å²) in [5.41, 5.74) is 2.88. The minimum Gasteiger partial charge on any atom is -0.489 e. The highest BCUT2D eigenvalue weighted by Crippen LogP contribution is 2.23. The number of rotatable bonds is 6. The smallest absolute Gasteiger partial charge is 0.338 e. The zero-order chi connectivity index (χ0) is 19.4. The molecule has 2 aromatic carbocycles. The minimum atomic E-state index is -0.481. The lowest BCUT2D eigenvalue weighted by Gasteiger charge is -2.14. The maximum absolute atomic E-state index is 12.1. The molecule has 0 spiro atoms. The molecule has 2 amide bonds. The van der Waals surface area contributed by atoms with E-state index in [0.717, 1.165) is 21.8 Å². The fraction of sp³-hybridized carbons (Fsp3) is 0.286. The molecule has 27 heavy (non-hydrogen) atoms. The van der Waals surface area contributed by atoms with Crippen molar-refractivity contribution in [3.63, 3.8) is 0 Å². The fourth-order valence-electron chi connectivity index (χ4n) is 3.00. The van der Waals surface area contributed by atoms with Crippen LogP contribution in [0.25, 0.3) is 0 Å². The van der Waals surface area contributed by atoms with Crippen molar-refractivity contribution in [2.45, 2.75) is 26.7 Å². The number of para-hydroxylation sites is 1. The molecular formula is C21H21NO5. The molecule has 1 saturated heterocycles. The van der Waals surface area contributed by atoms with E-state index in [-0.39, 0.29) is 37.9 Å². The molecule has 0 radical (unpaired) electrons. The number of hydrogen-bond acceptors (Lipinski definition) is 5. The van der Waals surface area contributed by atoms with Crippen molar-refractivity contribution in [2.75, 3.05) is 18.1 Å². The van der Waals surface area contributed by atoms with Crippen LogP contribution < -0.4 is 9.64 Å². The highest BCUT2D eigenvalue weighted by Gasteiger charge is 2.30. The molecule has 1 aliphatic rings. The number of amides is 2. The standard InChI is InChI=1S/C21H21NO5/c1-14-4-3-5-15(2)20(14)26-12-13-27-21(25)16-6-8-17(9-7-16)22-18(23)10-11-19(22)24/h3-9H,10-13H2,1-2H3. The van der Waals surface area contributed by atoms with E-state index in [1.54, 1.807) is 24.3 Å². The predicted molar refractivity (Wildman–Crippen MR) is 99.9 cm³/mol. The Morgan fingerprint density at radius 2 is 1.52 bits per heavy atom. The molecule has 0 saturated carbocycles. The molecule has 140 valence electrons. The molecule has 1 heterocycles. The van der Waals surface area contributed by atoms with Gasteiger partial charge in [0.2, 0.25) is 11.8 Å². The number of anilines is 1. The quantitative estimate of drug-likeness (QED) is 0.445. The van der Waals surface area contributed by atoms with Crippen molar-refractivity contribution >= 4 is 23.5 Å². The van der Waals surface area contributed by atoms with E-state index in [2.05, 4.69) is 0 Å². The molecular weight excluding hydrogens is 346 g/mol. The lowest BCUT2D eigenvalue weighted by molar-refractivity contribution is -0.121.